The van der Waals surface area contributed by atoms with Gasteiger partial charge in [0, 0.05) is 5.92 Å². The highest BCUT2D eigenvalue weighted by Gasteiger charge is 2.18. The second-order valence-corrected chi connectivity index (χ2v) is 3.99. The van der Waals surface area contributed by atoms with Gasteiger partial charge in [-0.1, -0.05) is 13.8 Å². The van der Waals surface area contributed by atoms with Crippen molar-refractivity contribution in [3.63, 3.8) is 0 Å². The summed E-state index contributed by atoms with van der Waals surface area (Å²) in [4.78, 5) is 0. The summed E-state index contributed by atoms with van der Waals surface area (Å²) in [6, 6.07) is 1.91. The molecule has 0 aliphatic carbocycles. The average Bonchev–Trinajstić information content (AvgIpc) is 2.48. The third kappa shape index (κ3) is 1.90. The molecule has 0 aromatic carbocycles. The number of halogens is 1. The van der Waals surface area contributed by atoms with Crippen molar-refractivity contribution in [3.05, 3.63) is 22.6 Å². The van der Waals surface area contributed by atoms with E-state index >= 15 is 0 Å². The van der Waals surface area contributed by atoms with Crippen LogP contribution >= 0.6 is 15.9 Å². The molecule has 1 heterocycles. The summed E-state index contributed by atoms with van der Waals surface area (Å²) >= 11 is 3.43. The van der Waals surface area contributed by atoms with Crippen molar-refractivity contribution in [3.8, 4) is 0 Å². The molecule has 0 saturated carbocycles. The van der Waals surface area contributed by atoms with Gasteiger partial charge in [-0.3, -0.25) is 0 Å². The summed E-state index contributed by atoms with van der Waals surface area (Å²) in [5, 5.41) is 0. The number of hydrogen-bond acceptors (Lipinski definition) is 2. The molecule has 0 radical (unpaired) electrons. The van der Waals surface area contributed by atoms with E-state index in [-0.39, 0.29) is 0 Å². The van der Waals surface area contributed by atoms with Gasteiger partial charge in [-0.25, -0.2) is 0 Å². The van der Waals surface area contributed by atoms with Crippen molar-refractivity contribution in [2.24, 2.45) is 11.7 Å². The Bertz CT molecular complexity index is 246. The van der Waals surface area contributed by atoms with Gasteiger partial charge in [0.25, 0.3) is 0 Å². The molecule has 0 fully saturated rings. The molecule has 2 nitrogen and oxygen atoms in total. The second kappa shape index (κ2) is 4.10. The molecule has 2 atom stereocenters. The molecule has 0 aliphatic heterocycles. The molecular formula is C9H14BrNO. The van der Waals surface area contributed by atoms with Gasteiger partial charge >= 0.3 is 0 Å². The summed E-state index contributed by atoms with van der Waals surface area (Å²) in [6.07, 6.45) is 1.69. The van der Waals surface area contributed by atoms with Crippen LogP contribution < -0.4 is 5.73 Å². The van der Waals surface area contributed by atoms with E-state index in [9.17, 15) is 0 Å². The molecule has 0 bridgehead atoms. The second-order valence-electron chi connectivity index (χ2n) is 3.13. The first kappa shape index (κ1) is 9.81. The molecule has 2 N–H and O–H groups in total. The maximum atomic E-state index is 5.57. The highest BCUT2D eigenvalue weighted by molar-refractivity contribution is 9.10. The molecule has 12 heavy (non-hydrogen) atoms. The fourth-order valence-electron chi connectivity index (χ4n) is 1.09. The van der Waals surface area contributed by atoms with Crippen LogP contribution in [0.5, 0.6) is 0 Å². The Morgan fingerprint density at radius 3 is 2.67 bits per heavy atom. The lowest BCUT2D eigenvalue weighted by Gasteiger charge is -2.15. The van der Waals surface area contributed by atoms with Crippen LogP contribution in [0.15, 0.2) is 21.2 Å². The lowest BCUT2D eigenvalue weighted by molar-refractivity contribution is 0.399. The molecule has 0 saturated heterocycles. The third-order valence-corrected chi connectivity index (χ3v) is 2.94. The van der Waals surface area contributed by atoms with Gasteiger partial charge < -0.3 is 10.2 Å². The number of nitrogens with two attached hydrogens (primary N) is 1. The first-order chi connectivity index (χ1) is 5.66. The fraction of sp³-hybridized carbons (Fsp3) is 0.556. The summed E-state index contributed by atoms with van der Waals surface area (Å²) in [6.45, 7) is 4.94. The molecule has 1 rings (SSSR count). The molecule has 1 aromatic rings. The Balaban J connectivity index is 2.77. The minimum absolute atomic E-state index is 0.374. The summed E-state index contributed by atoms with van der Waals surface area (Å²) in [7, 11) is 0. The Morgan fingerprint density at radius 2 is 2.25 bits per heavy atom. The number of rotatable bonds is 3. The smallest absolute Gasteiger partial charge is 0.121 e. The Morgan fingerprint density at radius 1 is 1.58 bits per heavy atom. The zero-order chi connectivity index (χ0) is 9.14. The molecule has 0 aliphatic rings. The minimum Gasteiger partial charge on any atom is -0.468 e. The highest BCUT2D eigenvalue weighted by Crippen LogP contribution is 2.30. The van der Waals surface area contributed by atoms with Gasteiger partial charge in [0.1, 0.15) is 5.76 Å². The van der Waals surface area contributed by atoms with E-state index in [0.29, 0.717) is 18.4 Å². The highest BCUT2D eigenvalue weighted by atomic mass is 79.9. The maximum Gasteiger partial charge on any atom is 0.121 e. The van der Waals surface area contributed by atoms with Gasteiger partial charge in [0.15, 0.2) is 0 Å². The van der Waals surface area contributed by atoms with E-state index in [1.807, 2.05) is 6.07 Å². The van der Waals surface area contributed by atoms with Crippen LogP contribution in [0.2, 0.25) is 0 Å². The van der Waals surface area contributed by atoms with Crippen molar-refractivity contribution >= 4 is 15.9 Å². The molecule has 1 aromatic heterocycles. The molecule has 68 valence electrons. The number of hydrogen-bond donors (Lipinski definition) is 1. The van der Waals surface area contributed by atoms with Crippen molar-refractivity contribution in [2.45, 2.75) is 19.8 Å². The van der Waals surface area contributed by atoms with E-state index in [0.717, 1.165) is 10.2 Å². The van der Waals surface area contributed by atoms with Gasteiger partial charge in [-0.05, 0) is 34.5 Å². The molecule has 2 unspecified atom stereocenters. The van der Waals surface area contributed by atoms with E-state index in [4.69, 9.17) is 10.2 Å². The SMILES string of the molecule is CC(CN)C(C)c1occc1Br. The standard InChI is InChI=1S/C9H14BrNO/c1-6(5-11)7(2)9-8(10)3-4-12-9/h3-4,6-7H,5,11H2,1-2H3. The molecule has 3 heteroatoms. The summed E-state index contributed by atoms with van der Waals surface area (Å²) in [5.41, 5.74) is 5.57. The Hall–Kier alpha value is -0.280. The maximum absolute atomic E-state index is 5.57. The third-order valence-electron chi connectivity index (χ3n) is 2.28. The fourth-order valence-corrected chi connectivity index (χ4v) is 1.66. The largest absolute Gasteiger partial charge is 0.468 e. The zero-order valence-electron chi connectivity index (χ0n) is 7.38. The Kier molecular flexibility index (Phi) is 3.35. The van der Waals surface area contributed by atoms with Crippen molar-refractivity contribution in [1.82, 2.24) is 0 Å². The first-order valence-electron chi connectivity index (χ1n) is 4.09. The lowest BCUT2D eigenvalue weighted by Crippen LogP contribution is -2.16. The van der Waals surface area contributed by atoms with Crippen molar-refractivity contribution in [1.29, 1.82) is 0 Å². The van der Waals surface area contributed by atoms with E-state index < -0.39 is 0 Å². The predicted octanol–water partition coefficient (Wildman–Crippen LogP) is 2.74. The average molecular weight is 232 g/mol. The van der Waals surface area contributed by atoms with Crippen LogP contribution in [-0.4, -0.2) is 6.54 Å². The van der Waals surface area contributed by atoms with Gasteiger partial charge in [-0.15, -0.1) is 0 Å². The minimum atomic E-state index is 0.374. The zero-order valence-corrected chi connectivity index (χ0v) is 8.97. The number of furan rings is 1. The van der Waals surface area contributed by atoms with Crippen molar-refractivity contribution in [2.75, 3.05) is 6.54 Å². The van der Waals surface area contributed by atoms with Crippen molar-refractivity contribution < 1.29 is 4.42 Å². The molecule has 0 spiro atoms. The van der Waals surface area contributed by atoms with E-state index in [1.54, 1.807) is 6.26 Å². The van der Waals surface area contributed by atoms with Gasteiger partial charge in [0.05, 0.1) is 10.7 Å². The quantitative estimate of drug-likeness (QED) is 0.870. The first-order valence-corrected chi connectivity index (χ1v) is 4.89. The van der Waals surface area contributed by atoms with Crippen LogP contribution in [0.1, 0.15) is 25.5 Å². The van der Waals surface area contributed by atoms with Crippen LogP contribution in [0.25, 0.3) is 0 Å². The Labute approximate surface area is 81.3 Å². The van der Waals surface area contributed by atoms with Crippen LogP contribution in [0.4, 0.5) is 0 Å². The lowest BCUT2D eigenvalue weighted by atomic mass is 9.94. The predicted molar refractivity (Wildman–Crippen MR) is 53.0 cm³/mol. The topological polar surface area (TPSA) is 39.2 Å². The summed E-state index contributed by atoms with van der Waals surface area (Å²) in [5.74, 6) is 1.82. The van der Waals surface area contributed by atoms with Crippen LogP contribution in [0, 0.1) is 5.92 Å². The van der Waals surface area contributed by atoms with Gasteiger partial charge in [0.2, 0.25) is 0 Å². The normalized spacial score (nSPS) is 16.0. The van der Waals surface area contributed by atoms with Crippen LogP contribution in [0.3, 0.4) is 0 Å². The van der Waals surface area contributed by atoms with Crippen LogP contribution in [-0.2, 0) is 0 Å². The van der Waals surface area contributed by atoms with E-state index in [2.05, 4.69) is 29.8 Å². The molecule has 0 amide bonds. The monoisotopic (exact) mass is 231 g/mol. The summed E-state index contributed by atoms with van der Waals surface area (Å²) < 4.78 is 6.38. The van der Waals surface area contributed by atoms with Gasteiger partial charge in [-0.2, -0.15) is 0 Å². The molecular weight excluding hydrogens is 218 g/mol. The van der Waals surface area contributed by atoms with E-state index in [1.165, 1.54) is 0 Å².